The number of methoxy groups -OCH3 is 1. The molecule has 9 nitrogen and oxygen atoms in total. The first-order valence-electron chi connectivity index (χ1n) is 9.50. The highest BCUT2D eigenvalue weighted by Crippen LogP contribution is 2.31. The fourth-order valence-electron chi connectivity index (χ4n) is 2.99. The molecule has 1 atom stereocenters. The lowest BCUT2D eigenvalue weighted by atomic mass is 10.1. The lowest BCUT2D eigenvalue weighted by molar-refractivity contribution is -0.144. The van der Waals surface area contributed by atoms with Gasteiger partial charge < -0.3 is 28.7 Å². The van der Waals surface area contributed by atoms with Crippen LogP contribution in [0.2, 0.25) is 0 Å². The SMILES string of the molecule is COCCNC(=O)c1cc2ccc(OC(=O)C3COc4ccccc4O3)cc2oc1=O. The number of rotatable bonds is 6. The summed E-state index contributed by atoms with van der Waals surface area (Å²) in [6, 6.07) is 13.0. The number of fused-ring (bicyclic) bond motifs is 2. The summed E-state index contributed by atoms with van der Waals surface area (Å²) in [5.41, 5.74) is -0.749. The molecule has 0 spiro atoms. The molecular formula is C22H19NO8. The Hall–Kier alpha value is -3.85. The molecule has 0 radical (unpaired) electrons. The van der Waals surface area contributed by atoms with Gasteiger partial charge in [-0.1, -0.05) is 12.1 Å². The van der Waals surface area contributed by atoms with Gasteiger partial charge in [0, 0.05) is 25.1 Å². The molecule has 0 bridgehead atoms. The summed E-state index contributed by atoms with van der Waals surface area (Å²) in [6.45, 7) is 0.597. The van der Waals surface area contributed by atoms with Crippen LogP contribution in [0.4, 0.5) is 0 Å². The number of nitrogens with one attached hydrogen (secondary N) is 1. The second kappa shape index (κ2) is 8.88. The molecule has 4 rings (SSSR count). The van der Waals surface area contributed by atoms with Crippen molar-refractivity contribution >= 4 is 22.8 Å². The van der Waals surface area contributed by atoms with E-state index in [1.165, 1.54) is 25.3 Å². The monoisotopic (exact) mass is 425 g/mol. The van der Waals surface area contributed by atoms with Crippen LogP contribution in [0.1, 0.15) is 10.4 Å². The van der Waals surface area contributed by atoms with Gasteiger partial charge in [0.05, 0.1) is 6.61 Å². The van der Waals surface area contributed by atoms with Crippen molar-refractivity contribution in [3.63, 3.8) is 0 Å². The van der Waals surface area contributed by atoms with E-state index in [4.69, 9.17) is 23.4 Å². The second-order valence-electron chi connectivity index (χ2n) is 6.68. The number of carbonyl (C=O) groups excluding carboxylic acids is 2. The van der Waals surface area contributed by atoms with Gasteiger partial charge in [-0.2, -0.15) is 0 Å². The Balaban J connectivity index is 1.48. The molecule has 1 unspecified atom stereocenters. The van der Waals surface area contributed by atoms with E-state index in [1.807, 2.05) is 0 Å². The third kappa shape index (κ3) is 4.51. The van der Waals surface area contributed by atoms with Crippen molar-refractivity contribution in [2.24, 2.45) is 0 Å². The minimum atomic E-state index is -0.934. The quantitative estimate of drug-likeness (QED) is 0.276. The summed E-state index contributed by atoms with van der Waals surface area (Å²) in [5, 5.41) is 3.07. The highest BCUT2D eigenvalue weighted by molar-refractivity contribution is 5.96. The Morgan fingerprint density at radius 2 is 1.94 bits per heavy atom. The van der Waals surface area contributed by atoms with Gasteiger partial charge in [-0.15, -0.1) is 0 Å². The zero-order valence-corrected chi connectivity index (χ0v) is 16.6. The molecule has 0 saturated carbocycles. The molecule has 31 heavy (non-hydrogen) atoms. The van der Waals surface area contributed by atoms with Crippen molar-refractivity contribution in [3.8, 4) is 17.2 Å². The molecule has 0 saturated heterocycles. The topological polar surface area (TPSA) is 113 Å². The normalized spacial score (nSPS) is 14.8. The average Bonchev–Trinajstić information content (AvgIpc) is 2.78. The van der Waals surface area contributed by atoms with E-state index < -0.39 is 23.6 Å². The number of amides is 1. The molecule has 0 fully saturated rings. The molecule has 1 aliphatic heterocycles. The van der Waals surface area contributed by atoms with Gasteiger partial charge in [0.15, 0.2) is 11.5 Å². The van der Waals surface area contributed by atoms with Gasteiger partial charge >= 0.3 is 11.6 Å². The Bertz CT molecular complexity index is 1190. The smallest absolute Gasteiger partial charge is 0.356 e. The van der Waals surface area contributed by atoms with Gasteiger partial charge in [0.2, 0.25) is 6.10 Å². The number of para-hydroxylation sites is 2. The third-order valence-corrected chi connectivity index (χ3v) is 4.53. The van der Waals surface area contributed by atoms with Crippen LogP contribution in [0.25, 0.3) is 11.0 Å². The molecule has 2 heterocycles. The highest BCUT2D eigenvalue weighted by atomic mass is 16.6. The fourth-order valence-corrected chi connectivity index (χ4v) is 2.99. The molecule has 9 heteroatoms. The molecular weight excluding hydrogens is 406 g/mol. The largest absolute Gasteiger partial charge is 0.485 e. The van der Waals surface area contributed by atoms with Crippen LogP contribution in [0.3, 0.4) is 0 Å². The standard InChI is InChI=1S/C22H19NO8/c1-27-9-8-23-20(24)15-10-13-6-7-14(11-18(13)31-21(15)25)29-22(26)19-12-28-16-4-2-3-5-17(16)30-19/h2-7,10-11,19H,8-9,12H2,1H3,(H,23,24). The van der Waals surface area contributed by atoms with Gasteiger partial charge in [-0.3, -0.25) is 4.79 Å². The summed E-state index contributed by atoms with van der Waals surface area (Å²) >= 11 is 0. The zero-order chi connectivity index (χ0) is 21.8. The van der Waals surface area contributed by atoms with Crippen LogP contribution >= 0.6 is 0 Å². The number of carbonyl (C=O) groups is 2. The number of benzene rings is 2. The summed E-state index contributed by atoms with van der Waals surface area (Å²) in [4.78, 5) is 36.8. The van der Waals surface area contributed by atoms with Crippen LogP contribution in [0.5, 0.6) is 17.2 Å². The maximum absolute atomic E-state index is 12.5. The summed E-state index contributed by atoms with van der Waals surface area (Å²) in [5.74, 6) is -0.0266. The number of ether oxygens (including phenoxy) is 4. The lowest BCUT2D eigenvalue weighted by Crippen LogP contribution is -2.39. The number of esters is 1. The lowest BCUT2D eigenvalue weighted by Gasteiger charge is -2.24. The van der Waals surface area contributed by atoms with E-state index >= 15 is 0 Å². The van der Waals surface area contributed by atoms with Crippen LogP contribution in [0, 0.1) is 0 Å². The Kier molecular flexibility index (Phi) is 5.85. The van der Waals surface area contributed by atoms with E-state index in [1.54, 1.807) is 30.3 Å². The minimum absolute atomic E-state index is 0.0139. The third-order valence-electron chi connectivity index (χ3n) is 4.53. The maximum Gasteiger partial charge on any atom is 0.356 e. The first-order chi connectivity index (χ1) is 15.0. The molecule has 1 N–H and O–H groups in total. The molecule has 160 valence electrons. The van der Waals surface area contributed by atoms with Crippen molar-refractivity contribution in [1.29, 1.82) is 0 Å². The molecule has 1 amide bonds. The predicted molar refractivity (Wildman–Crippen MR) is 109 cm³/mol. The summed E-state index contributed by atoms with van der Waals surface area (Å²) in [7, 11) is 1.51. The van der Waals surface area contributed by atoms with E-state index in [9.17, 15) is 14.4 Å². The Morgan fingerprint density at radius 3 is 2.74 bits per heavy atom. The van der Waals surface area contributed by atoms with Crippen LogP contribution in [0.15, 0.2) is 57.7 Å². The van der Waals surface area contributed by atoms with Crippen molar-refractivity contribution in [1.82, 2.24) is 5.32 Å². The molecule has 1 aromatic heterocycles. The fraction of sp³-hybridized carbons (Fsp3) is 0.227. The van der Waals surface area contributed by atoms with Crippen LogP contribution in [-0.4, -0.2) is 44.8 Å². The van der Waals surface area contributed by atoms with E-state index in [-0.39, 0.29) is 30.0 Å². The molecule has 1 aliphatic rings. The summed E-state index contributed by atoms with van der Waals surface area (Å²) < 4.78 is 26.6. The second-order valence-corrected chi connectivity index (χ2v) is 6.68. The summed E-state index contributed by atoms with van der Waals surface area (Å²) in [6.07, 6.45) is -0.934. The number of hydrogen-bond acceptors (Lipinski definition) is 8. The number of hydrogen-bond donors (Lipinski definition) is 1. The minimum Gasteiger partial charge on any atom is -0.485 e. The zero-order valence-electron chi connectivity index (χ0n) is 16.6. The van der Waals surface area contributed by atoms with Gasteiger partial charge in [0.25, 0.3) is 5.91 Å². The van der Waals surface area contributed by atoms with Crippen molar-refractivity contribution in [2.45, 2.75) is 6.10 Å². The van der Waals surface area contributed by atoms with Crippen LogP contribution in [-0.2, 0) is 9.53 Å². The van der Waals surface area contributed by atoms with Gasteiger partial charge in [-0.05, 0) is 30.3 Å². The first kappa shape index (κ1) is 20.4. The first-order valence-corrected chi connectivity index (χ1v) is 9.50. The van der Waals surface area contributed by atoms with Gasteiger partial charge in [-0.25, -0.2) is 9.59 Å². The average molecular weight is 425 g/mol. The Labute approximate surface area is 176 Å². The maximum atomic E-state index is 12.5. The van der Waals surface area contributed by atoms with Crippen molar-refractivity contribution in [2.75, 3.05) is 26.9 Å². The Morgan fingerprint density at radius 1 is 1.13 bits per heavy atom. The van der Waals surface area contributed by atoms with Gasteiger partial charge in [0.1, 0.15) is 23.5 Å². The van der Waals surface area contributed by atoms with Crippen molar-refractivity contribution < 1.29 is 33.0 Å². The molecule has 2 aromatic carbocycles. The van der Waals surface area contributed by atoms with Crippen molar-refractivity contribution in [3.05, 3.63) is 64.5 Å². The molecule has 0 aliphatic carbocycles. The highest BCUT2D eigenvalue weighted by Gasteiger charge is 2.29. The van der Waals surface area contributed by atoms with E-state index in [2.05, 4.69) is 5.32 Å². The molecule has 3 aromatic rings. The predicted octanol–water partition coefficient (Wildman–Crippen LogP) is 1.91. The van der Waals surface area contributed by atoms with E-state index in [0.29, 0.717) is 23.5 Å². The van der Waals surface area contributed by atoms with E-state index in [0.717, 1.165) is 0 Å². The van der Waals surface area contributed by atoms with Crippen LogP contribution < -0.4 is 25.2 Å².